The Kier molecular flexibility index (Phi) is 2.42. The average Bonchev–Trinajstić information content (AvgIpc) is 2.40. The minimum absolute atomic E-state index is 0.00936. The summed E-state index contributed by atoms with van der Waals surface area (Å²) in [5, 5.41) is 10.1. The predicted molar refractivity (Wildman–Crippen MR) is 48.9 cm³/mol. The second kappa shape index (κ2) is 3.48. The van der Waals surface area contributed by atoms with E-state index in [4.69, 9.17) is 9.47 Å². The standard InChI is InChI=1S/C10H14O5/c1-6(11)14-7-3-2-4-10(13)5-8(12)15-9(7)10/h7,9,13H,2-5H2,1H3/t7-,9-,10+/m0/s1. The summed E-state index contributed by atoms with van der Waals surface area (Å²) >= 11 is 0. The molecular weight excluding hydrogens is 200 g/mol. The van der Waals surface area contributed by atoms with Crippen molar-refractivity contribution in [3.63, 3.8) is 0 Å². The van der Waals surface area contributed by atoms with Gasteiger partial charge in [0.05, 0.1) is 6.42 Å². The van der Waals surface area contributed by atoms with Crippen LogP contribution in [0.3, 0.4) is 0 Å². The van der Waals surface area contributed by atoms with Crippen LogP contribution in [0, 0.1) is 0 Å². The fourth-order valence-electron chi connectivity index (χ4n) is 2.39. The minimum atomic E-state index is -1.13. The van der Waals surface area contributed by atoms with Gasteiger partial charge in [0.25, 0.3) is 0 Å². The lowest BCUT2D eigenvalue weighted by atomic mass is 9.80. The maximum absolute atomic E-state index is 11.1. The molecule has 2 aliphatic rings. The van der Waals surface area contributed by atoms with Crippen LogP contribution in [0.4, 0.5) is 0 Å². The van der Waals surface area contributed by atoms with Gasteiger partial charge in [-0.2, -0.15) is 0 Å². The van der Waals surface area contributed by atoms with Crippen LogP contribution in [0.25, 0.3) is 0 Å². The molecule has 1 heterocycles. The molecule has 0 bridgehead atoms. The van der Waals surface area contributed by atoms with Crippen LogP contribution < -0.4 is 0 Å². The maximum atomic E-state index is 11.1. The van der Waals surface area contributed by atoms with Gasteiger partial charge in [0, 0.05) is 6.92 Å². The van der Waals surface area contributed by atoms with E-state index in [9.17, 15) is 14.7 Å². The van der Waals surface area contributed by atoms with Crippen LogP contribution in [-0.2, 0) is 19.1 Å². The molecule has 0 spiro atoms. The third-order valence-corrected chi connectivity index (χ3v) is 2.99. The molecule has 2 rings (SSSR count). The largest absolute Gasteiger partial charge is 0.458 e. The van der Waals surface area contributed by atoms with Gasteiger partial charge in [0.1, 0.15) is 11.7 Å². The van der Waals surface area contributed by atoms with Crippen LogP contribution in [-0.4, -0.2) is 34.9 Å². The number of ether oxygens (including phenoxy) is 2. The zero-order valence-corrected chi connectivity index (χ0v) is 8.56. The molecule has 1 N–H and O–H groups in total. The molecule has 3 atom stereocenters. The van der Waals surface area contributed by atoms with Gasteiger partial charge in [-0.25, -0.2) is 0 Å². The Morgan fingerprint density at radius 1 is 1.67 bits per heavy atom. The Balaban J connectivity index is 2.14. The summed E-state index contributed by atoms with van der Waals surface area (Å²) in [6.07, 6.45) is 0.744. The number of carbonyl (C=O) groups excluding carboxylic acids is 2. The smallest absolute Gasteiger partial charge is 0.309 e. The topological polar surface area (TPSA) is 72.8 Å². The highest BCUT2D eigenvalue weighted by atomic mass is 16.6. The van der Waals surface area contributed by atoms with E-state index in [1.807, 2.05) is 0 Å². The van der Waals surface area contributed by atoms with E-state index in [-0.39, 0.29) is 6.42 Å². The number of esters is 2. The van der Waals surface area contributed by atoms with E-state index in [1.165, 1.54) is 6.92 Å². The van der Waals surface area contributed by atoms with Gasteiger partial charge in [0.2, 0.25) is 0 Å². The zero-order valence-electron chi connectivity index (χ0n) is 8.56. The Bertz CT molecular complexity index is 300. The highest BCUT2D eigenvalue weighted by Crippen LogP contribution is 2.39. The second-order valence-electron chi connectivity index (χ2n) is 4.23. The first-order valence-electron chi connectivity index (χ1n) is 5.10. The van der Waals surface area contributed by atoms with Crippen LogP contribution >= 0.6 is 0 Å². The number of rotatable bonds is 1. The van der Waals surface area contributed by atoms with Gasteiger partial charge in [-0.05, 0) is 19.3 Å². The Morgan fingerprint density at radius 3 is 3.07 bits per heavy atom. The van der Waals surface area contributed by atoms with E-state index >= 15 is 0 Å². The van der Waals surface area contributed by atoms with Crippen molar-refractivity contribution in [1.82, 2.24) is 0 Å². The predicted octanol–water partition coefficient (Wildman–Crippen LogP) is 0.149. The van der Waals surface area contributed by atoms with Crippen LogP contribution in [0.2, 0.25) is 0 Å². The fourth-order valence-corrected chi connectivity index (χ4v) is 2.39. The SMILES string of the molecule is CC(=O)O[C@H]1CCC[C@@]2(O)CC(=O)O[C@@H]12. The van der Waals surface area contributed by atoms with Gasteiger partial charge >= 0.3 is 11.9 Å². The average molecular weight is 214 g/mol. The van der Waals surface area contributed by atoms with Crippen molar-refractivity contribution in [1.29, 1.82) is 0 Å². The van der Waals surface area contributed by atoms with Gasteiger partial charge < -0.3 is 14.6 Å². The summed E-state index contributed by atoms with van der Waals surface area (Å²) in [7, 11) is 0. The Hall–Kier alpha value is -1.10. The summed E-state index contributed by atoms with van der Waals surface area (Å²) in [6, 6.07) is 0. The first-order chi connectivity index (χ1) is 7.01. The number of hydrogen-bond acceptors (Lipinski definition) is 5. The highest BCUT2D eigenvalue weighted by Gasteiger charge is 2.54. The zero-order chi connectivity index (χ0) is 11.1. The van der Waals surface area contributed by atoms with E-state index in [2.05, 4.69) is 0 Å². The normalized spacial score (nSPS) is 39.5. The van der Waals surface area contributed by atoms with Gasteiger partial charge in [0.15, 0.2) is 6.10 Å². The Labute approximate surface area is 87.4 Å². The molecule has 2 fully saturated rings. The molecule has 1 aliphatic carbocycles. The van der Waals surface area contributed by atoms with Crippen LogP contribution in [0.5, 0.6) is 0 Å². The quantitative estimate of drug-likeness (QED) is 0.629. The van der Waals surface area contributed by atoms with Gasteiger partial charge in [-0.3, -0.25) is 9.59 Å². The third-order valence-electron chi connectivity index (χ3n) is 2.99. The van der Waals surface area contributed by atoms with Crippen molar-refractivity contribution in [2.75, 3.05) is 0 Å². The molecule has 1 saturated heterocycles. The summed E-state index contributed by atoms with van der Waals surface area (Å²) in [5.74, 6) is -0.825. The Morgan fingerprint density at radius 2 is 2.40 bits per heavy atom. The molecular formula is C10H14O5. The summed E-state index contributed by atoms with van der Waals surface area (Å²) in [4.78, 5) is 22.0. The molecule has 1 aliphatic heterocycles. The molecule has 0 unspecified atom stereocenters. The van der Waals surface area contributed by atoms with Crippen molar-refractivity contribution >= 4 is 11.9 Å². The van der Waals surface area contributed by atoms with E-state index in [1.54, 1.807) is 0 Å². The number of carbonyl (C=O) groups is 2. The van der Waals surface area contributed by atoms with Crippen molar-refractivity contribution < 1.29 is 24.2 Å². The first kappa shape index (κ1) is 10.4. The van der Waals surface area contributed by atoms with E-state index in [0.29, 0.717) is 12.8 Å². The van der Waals surface area contributed by atoms with Crippen LogP contribution in [0.15, 0.2) is 0 Å². The molecule has 0 aromatic rings. The number of hydrogen-bond donors (Lipinski definition) is 1. The summed E-state index contributed by atoms with van der Waals surface area (Å²) in [6.45, 7) is 1.31. The molecule has 0 radical (unpaired) electrons. The molecule has 84 valence electrons. The third kappa shape index (κ3) is 1.84. The van der Waals surface area contributed by atoms with Crippen LogP contribution in [0.1, 0.15) is 32.6 Å². The highest BCUT2D eigenvalue weighted by molar-refractivity contribution is 5.74. The lowest BCUT2D eigenvalue weighted by molar-refractivity contribution is -0.175. The molecule has 5 heteroatoms. The lowest BCUT2D eigenvalue weighted by Gasteiger charge is -2.36. The van der Waals surface area contributed by atoms with Crippen molar-refractivity contribution in [3.05, 3.63) is 0 Å². The molecule has 5 nitrogen and oxygen atoms in total. The fraction of sp³-hybridized carbons (Fsp3) is 0.800. The number of fused-ring (bicyclic) bond motifs is 1. The van der Waals surface area contributed by atoms with E-state index in [0.717, 1.165) is 6.42 Å². The van der Waals surface area contributed by atoms with Crippen molar-refractivity contribution in [2.45, 2.75) is 50.4 Å². The minimum Gasteiger partial charge on any atom is -0.458 e. The molecule has 0 amide bonds. The molecule has 15 heavy (non-hydrogen) atoms. The lowest BCUT2D eigenvalue weighted by Crippen LogP contribution is -2.50. The first-order valence-corrected chi connectivity index (χ1v) is 5.10. The molecule has 0 aromatic heterocycles. The monoisotopic (exact) mass is 214 g/mol. The summed E-state index contributed by atoms with van der Waals surface area (Å²) in [5.41, 5.74) is -1.13. The van der Waals surface area contributed by atoms with Crippen molar-refractivity contribution in [3.8, 4) is 0 Å². The van der Waals surface area contributed by atoms with E-state index < -0.39 is 29.7 Å². The van der Waals surface area contributed by atoms with Crippen molar-refractivity contribution in [2.24, 2.45) is 0 Å². The molecule has 0 aromatic carbocycles. The number of aliphatic hydroxyl groups is 1. The van der Waals surface area contributed by atoms with Gasteiger partial charge in [-0.15, -0.1) is 0 Å². The second-order valence-corrected chi connectivity index (χ2v) is 4.23. The van der Waals surface area contributed by atoms with Gasteiger partial charge in [-0.1, -0.05) is 0 Å². The summed E-state index contributed by atoms with van der Waals surface area (Å²) < 4.78 is 10.1. The molecule has 1 saturated carbocycles. The maximum Gasteiger partial charge on any atom is 0.309 e.